The molecule has 1 atom stereocenters. The average molecular weight is 234 g/mol. The quantitative estimate of drug-likeness (QED) is 0.584. The second-order valence-electron chi connectivity index (χ2n) is 6.48. The van der Waals surface area contributed by atoms with Crippen LogP contribution >= 0.6 is 0 Å². The molecule has 0 aromatic heterocycles. The molecule has 90 valence electrons. The van der Waals surface area contributed by atoms with E-state index in [1.807, 2.05) is 16.3 Å². The van der Waals surface area contributed by atoms with Gasteiger partial charge in [-0.2, -0.15) is 0 Å². The van der Waals surface area contributed by atoms with Crippen molar-refractivity contribution >= 4 is 8.07 Å². The molecule has 0 nitrogen and oxygen atoms in total. The molecule has 1 unspecified atom stereocenters. The average Bonchev–Trinajstić information content (AvgIpc) is 2.48. The van der Waals surface area contributed by atoms with E-state index in [1.165, 1.54) is 32.1 Å². The molecule has 1 heteroatoms. The third-order valence-electron chi connectivity index (χ3n) is 4.31. The lowest BCUT2D eigenvalue weighted by molar-refractivity contribution is 0.599. The lowest BCUT2D eigenvalue weighted by atomic mass is 9.86. The van der Waals surface area contributed by atoms with Gasteiger partial charge in [0.15, 0.2) is 0 Å². The number of rotatable bonds is 2. The van der Waals surface area contributed by atoms with Crippen molar-refractivity contribution in [3.8, 4) is 0 Å². The van der Waals surface area contributed by atoms with Gasteiger partial charge < -0.3 is 0 Å². The van der Waals surface area contributed by atoms with Gasteiger partial charge in [0, 0.05) is 5.92 Å². The monoisotopic (exact) mass is 234 g/mol. The van der Waals surface area contributed by atoms with Crippen molar-refractivity contribution < 1.29 is 0 Å². The predicted molar refractivity (Wildman–Crippen MR) is 75.3 cm³/mol. The van der Waals surface area contributed by atoms with Crippen LogP contribution in [0.15, 0.2) is 21.9 Å². The molecule has 0 saturated heterocycles. The van der Waals surface area contributed by atoms with E-state index in [2.05, 4.69) is 33.5 Å². The van der Waals surface area contributed by atoms with Gasteiger partial charge in [0.25, 0.3) is 0 Å². The molecule has 0 aliphatic heterocycles. The topological polar surface area (TPSA) is 0 Å². The van der Waals surface area contributed by atoms with Gasteiger partial charge in [-0.25, -0.2) is 0 Å². The smallest absolute Gasteiger partial charge is 0.0666 e. The van der Waals surface area contributed by atoms with E-state index in [0.29, 0.717) is 0 Å². The molecule has 0 radical (unpaired) electrons. The van der Waals surface area contributed by atoms with Crippen LogP contribution in [-0.2, 0) is 0 Å². The molecule has 0 aromatic rings. The van der Waals surface area contributed by atoms with Crippen LogP contribution in [0.1, 0.15) is 46.0 Å². The zero-order valence-electron chi connectivity index (χ0n) is 11.6. The van der Waals surface area contributed by atoms with Crippen LogP contribution in [0.2, 0.25) is 19.6 Å². The highest BCUT2D eigenvalue weighted by molar-refractivity contribution is 6.84. The van der Waals surface area contributed by atoms with Gasteiger partial charge >= 0.3 is 0 Å². The summed E-state index contributed by atoms with van der Waals surface area (Å²) in [4.78, 5) is 0. The standard InChI is InChI=1S/C15H26Si/c1-6-12-11(2)15(16(3,4)5)14-10-8-7-9-13(12)14/h12H,6-10H2,1-5H3. The molecular formula is C15H26Si. The summed E-state index contributed by atoms with van der Waals surface area (Å²) in [5, 5.41) is 1.84. The van der Waals surface area contributed by atoms with Crippen LogP contribution in [0.5, 0.6) is 0 Å². The summed E-state index contributed by atoms with van der Waals surface area (Å²) in [6.45, 7) is 12.3. The highest BCUT2D eigenvalue weighted by Crippen LogP contribution is 2.48. The van der Waals surface area contributed by atoms with E-state index in [1.54, 1.807) is 5.57 Å². The van der Waals surface area contributed by atoms with Gasteiger partial charge in [0.2, 0.25) is 0 Å². The molecule has 0 aromatic carbocycles. The SMILES string of the molecule is CCC1C(C)=C([Si](C)(C)C)C2=C1CCCC2. The summed E-state index contributed by atoms with van der Waals surface area (Å²) in [5.74, 6) is 0.817. The maximum absolute atomic E-state index is 2.52. The van der Waals surface area contributed by atoms with Crippen LogP contribution in [0.3, 0.4) is 0 Å². The molecule has 2 aliphatic carbocycles. The van der Waals surface area contributed by atoms with Crippen LogP contribution < -0.4 is 0 Å². The molecule has 0 fully saturated rings. The van der Waals surface area contributed by atoms with Crippen molar-refractivity contribution in [1.82, 2.24) is 0 Å². The Hall–Kier alpha value is -0.303. The highest BCUT2D eigenvalue weighted by Gasteiger charge is 2.36. The summed E-state index contributed by atoms with van der Waals surface area (Å²) in [6.07, 6.45) is 6.94. The van der Waals surface area contributed by atoms with Gasteiger partial charge in [0.05, 0.1) is 8.07 Å². The van der Waals surface area contributed by atoms with Crippen LogP contribution in [0, 0.1) is 5.92 Å². The first kappa shape index (κ1) is 12.2. The second-order valence-corrected chi connectivity index (χ2v) is 11.5. The van der Waals surface area contributed by atoms with E-state index in [4.69, 9.17) is 0 Å². The molecule has 0 saturated carbocycles. The third-order valence-corrected chi connectivity index (χ3v) is 6.50. The van der Waals surface area contributed by atoms with Crippen molar-refractivity contribution in [1.29, 1.82) is 0 Å². The Bertz CT molecular complexity index is 352. The van der Waals surface area contributed by atoms with Crippen LogP contribution in [-0.4, -0.2) is 8.07 Å². The van der Waals surface area contributed by atoms with Crippen molar-refractivity contribution in [2.45, 2.75) is 65.6 Å². The zero-order valence-corrected chi connectivity index (χ0v) is 12.6. The summed E-state index contributed by atoms with van der Waals surface area (Å²) in [5.41, 5.74) is 5.40. The Kier molecular flexibility index (Phi) is 3.17. The summed E-state index contributed by atoms with van der Waals surface area (Å²) >= 11 is 0. The number of hydrogen-bond donors (Lipinski definition) is 0. The van der Waals surface area contributed by atoms with Crippen molar-refractivity contribution in [2.75, 3.05) is 0 Å². The van der Waals surface area contributed by atoms with Gasteiger partial charge in [0.1, 0.15) is 0 Å². The molecule has 2 rings (SSSR count). The first-order valence-electron chi connectivity index (χ1n) is 6.90. The Morgan fingerprint density at radius 2 is 1.75 bits per heavy atom. The second kappa shape index (κ2) is 4.18. The van der Waals surface area contributed by atoms with Gasteiger partial charge in [-0.05, 0) is 44.6 Å². The molecule has 2 aliphatic rings. The molecule has 0 heterocycles. The minimum Gasteiger partial charge on any atom is -0.0666 e. The molecule has 16 heavy (non-hydrogen) atoms. The predicted octanol–water partition coefficient (Wildman–Crippen LogP) is 5.09. The summed E-state index contributed by atoms with van der Waals surface area (Å²) in [7, 11) is -1.13. The zero-order chi connectivity index (χ0) is 11.9. The van der Waals surface area contributed by atoms with Gasteiger partial charge in [-0.1, -0.05) is 42.9 Å². The summed E-state index contributed by atoms with van der Waals surface area (Å²) < 4.78 is 0. The van der Waals surface area contributed by atoms with Crippen molar-refractivity contribution in [3.05, 3.63) is 21.9 Å². The molecule has 0 N–H and O–H groups in total. The lowest BCUT2D eigenvalue weighted by Gasteiger charge is -2.25. The fourth-order valence-electron chi connectivity index (χ4n) is 3.87. The van der Waals surface area contributed by atoms with E-state index in [9.17, 15) is 0 Å². The molecule has 0 spiro atoms. The Balaban J connectivity index is 2.48. The Morgan fingerprint density at radius 3 is 2.31 bits per heavy atom. The Labute approximate surface area is 102 Å². The fourth-order valence-corrected chi connectivity index (χ4v) is 6.42. The maximum Gasteiger partial charge on any atom is 0.0779 e. The fraction of sp³-hybridized carbons (Fsp3) is 0.733. The van der Waals surface area contributed by atoms with Crippen LogP contribution in [0.4, 0.5) is 0 Å². The minimum atomic E-state index is -1.13. The van der Waals surface area contributed by atoms with E-state index in [-0.39, 0.29) is 0 Å². The minimum absolute atomic E-state index is 0.817. The number of allylic oxidation sites excluding steroid dienone is 4. The van der Waals surface area contributed by atoms with Crippen LogP contribution in [0.25, 0.3) is 0 Å². The highest BCUT2D eigenvalue weighted by atomic mass is 28.3. The maximum atomic E-state index is 2.52. The van der Waals surface area contributed by atoms with Crippen molar-refractivity contribution in [2.24, 2.45) is 5.92 Å². The van der Waals surface area contributed by atoms with Gasteiger partial charge in [-0.3, -0.25) is 0 Å². The van der Waals surface area contributed by atoms with E-state index < -0.39 is 8.07 Å². The molecular weight excluding hydrogens is 208 g/mol. The normalized spacial score (nSPS) is 26.4. The molecule has 0 bridgehead atoms. The third kappa shape index (κ3) is 1.83. The summed E-state index contributed by atoms with van der Waals surface area (Å²) in [6, 6.07) is 0. The first-order valence-corrected chi connectivity index (χ1v) is 10.4. The van der Waals surface area contributed by atoms with Gasteiger partial charge in [-0.15, -0.1) is 0 Å². The van der Waals surface area contributed by atoms with E-state index >= 15 is 0 Å². The molecule has 0 amide bonds. The Morgan fingerprint density at radius 1 is 1.12 bits per heavy atom. The first-order chi connectivity index (χ1) is 7.46. The lowest BCUT2D eigenvalue weighted by Crippen LogP contribution is -2.26. The van der Waals surface area contributed by atoms with E-state index in [0.717, 1.165) is 5.92 Å². The largest absolute Gasteiger partial charge is 0.0779 e. The van der Waals surface area contributed by atoms with Crippen molar-refractivity contribution in [3.63, 3.8) is 0 Å². The number of hydrogen-bond acceptors (Lipinski definition) is 0.